The maximum absolute atomic E-state index is 4.24. The van der Waals surface area contributed by atoms with Crippen molar-refractivity contribution in [3.63, 3.8) is 0 Å². The van der Waals surface area contributed by atoms with E-state index in [1.807, 2.05) is 0 Å². The third-order valence-electron chi connectivity index (χ3n) is 7.52. The number of fused-ring (bicyclic) bond motifs is 5. The first kappa shape index (κ1) is 18.6. The minimum Gasteiger partial charge on any atom is -0.103 e. The number of hydrogen-bond donors (Lipinski definition) is 0. The Morgan fingerprint density at radius 2 is 1.42 bits per heavy atom. The molecule has 3 aromatic rings. The van der Waals surface area contributed by atoms with Crippen molar-refractivity contribution in [2.75, 3.05) is 0 Å². The lowest BCUT2D eigenvalue weighted by Crippen LogP contribution is -2.45. The molecule has 0 amide bonds. The topological polar surface area (TPSA) is 0 Å². The quantitative estimate of drug-likeness (QED) is 0.368. The second-order valence-electron chi connectivity index (χ2n) is 9.15. The van der Waals surface area contributed by atoms with Gasteiger partial charge in [0.05, 0.1) is 8.07 Å². The highest BCUT2D eigenvalue weighted by molar-refractivity contribution is 6.96. The lowest BCUT2D eigenvalue weighted by Gasteiger charge is -2.39. The SMILES string of the molecule is C=CC[Si](C)(C1=c2ccccc2=C2C=CC=CC21)C1c2ccccc2-c2ccccc21. The maximum Gasteiger partial charge on any atom is 0.0963 e. The second-order valence-corrected chi connectivity index (χ2v) is 13.5. The van der Waals surface area contributed by atoms with E-state index in [0.717, 1.165) is 6.04 Å². The molecule has 0 saturated carbocycles. The van der Waals surface area contributed by atoms with E-state index in [9.17, 15) is 0 Å². The number of rotatable bonds is 4. The maximum atomic E-state index is 4.24. The highest BCUT2D eigenvalue weighted by Gasteiger charge is 2.48. The Morgan fingerprint density at radius 3 is 2.10 bits per heavy atom. The predicted molar refractivity (Wildman–Crippen MR) is 135 cm³/mol. The van der Waals surface area contributed by atoms with Gasteiger partial charge in [0.2, 0.25) is 0 Å². The summed E-state index contributed by atoms with van der Waals surface area (Å²) in [4.78, 5) is 0. The molecule has 2 atom stereocenters. The average Bonchev–Trinajstić information content (AvgIpc) is 3.33. The van der Waals surface area contributed by atoms with Gasteiger partial charge in [-0.1, -0.05) is 115 Å². The summed E-state index contributed by atoms with van der Waals surface area (Å²) in [5.41, 5.74) is 7.76. The molecule has 0 nitrogen and oxygen atoms in total. The van der Waals surface area contributed by atoms with Crippen molar-refractivity contribution in [3.05, 3.63) is 131 Å². The molecule has 0 aromatic heterocycles. The predicted octanol–water partition coefficient (Wildman–Crippen LogP) is 5.90. The van der Waals surface area contributed by atoms with E-state index in [1.54, 1.807) is 5.20 Å². The number of allylic oxidation sites excluding steroid dienone is 5. The van der Waals surface area contributed by atoms with Crippen LogP contribution in [0.15, 0.2) is 110 Å². The van der Waals surface area contributed by atoms with Gasteiger partial charge in [-0.05, 0) is 44.3 Å². The van der Waals surface area contributed by atoms with Crippen LogP contribution in [-0.4, -0.2) is 8.07 Å². The summed E-state index contributed by atoms with van der Waals surface area (Å²) in [7, 11) is -2.05. The standard InChI is InChI=1S/C30H26Si/c1-3-20-31(2,29-25-16-8-4-12-21(25)22-13-5-9-17-26(22)29)30-27-18-10-6-14-23(27)24-15-7-11-19-28(24)30/h3-19,25,30H,1,20H2,2H3. The number of hydrogen-bond acceptors (Lipinski definition) is 0. The third kappa shape index (κ3) is 2.53. The highest BCUT2D eigenvalue weighted by Crippen LogP contribution is 2.54. The van der Waals surface area contributed by atoms with Gasteiger partial charge in [0.1, 0.15) is 0 Å². The van der Waals surface area contributed by atoms with Crippen LogP contribution >= 0.6 is 0 Å². The fourth-order valence-electron chi connectivity index (χ4n) is 6.38. The normalized spacial score (nSPS) is 20.1. The van der Waals surface area contributed by atoms with Crippen LogP contribution in [0.3, 0.4) is 0 Å². The fraction of sp³-hybridized carbons (Fsp3) is 0.133. The molecule has 0 fully saturated rings. The smallest absolute Gasteiger partial charge is 0.0963 e. The summed E-state index contributed by atoms with van der Waals surface area (Å²) in [6.07, 6.45) is 11.4. The zero-order chi connectivity index (χ0) is 21.0. The molecular formula is C30H26Si. The average molecular weight is 415 g/mol. The summed E-state index contributed by atoms with van der Waals surface area (Å²) >= 11 is 0. The minimum atomic E-state index is -2.05. The third-order valence-corrected chi connectivity index (χ3v) is 12.4. The van der Waals surface area contributed by atoms with Crippen LogP contribution in [0, 0.1) is 5.92 Å². The molecule has 0 heterocycles. The fourth-order valence-corrected chi connectivity index (χ4v) is 11.4. The molecule has 0 aliphatic heterocycles. The van der Waals surface area contributed by atoms with Crippen molar-refractivity contribution in [3.8, 4) is 11.1 Å². The molecule has 3 aromatic carbocycles. The second kappa shape index (κ2) is 6.93. The van der Waals surface area contributed by atoms with Gasteiger partial charge in [0.25, 0.3) is 0 Å². The molecule has 2 unspecified atom stereocenters. The van der Waals surface area contributed by atoms with Crippen LogP contribution in [-0.2, 0) is 0 Å². The zero-order valence-corrected chi connectivity index (χ0v) is 18.9. The van der Waals surface area contributed by atoms with Crippen LogP contribution in [0.2, 0.25) is 12.6 Å². The van der Waals surface area contributed by atoms with E-state index in [2.05, 4.69) is 116 Å². The van der Waals surface area contributed by atoms with Gasteiger partial charge in [-0.2, -0.15) is 0 Å². The Hall–Kier alpha value is -3.16. The molecule has 0 radical (unpaired) electrons. The van der Waals surface area contributed by atoms with E-state index < -0.39 is 8.07 Å². The van der Waals surface area contributed by atoms with Gasteiger partial charge in [0.15, 0.2) is 0 Å². The molecule has 0 bridgehead atoms. The number of benzene rings is 3. The molecule has 3 aliphatic carbocycles. The molecule has 0 N–H and O–H groups in total. The van der Waals surface area contributed by atoms with E-state index in [0.29, 0.717) is 11.5 Å². The minimum absolute atomic E-state index is 0.388. The summed E-state index contributed by atoms with van der Waals surface area (Å²) in [6.45, 7) is 6.85. The monoisotopic (exact) mass is 414 g/mol. The van der Waals surface area contributed by atoms with Crippen LogP contribution in [0.4, 0.5) is 0 Å². The molecule has 6 rings (SSSR count). The van der Waals surface area contributed by atoms with Crippen molar-refractivity contribution in [2.24, 2.45) is 5.92 Å². The van der Waals surface area contributed by atoms with Crippen molar-refractivity contribution < 1.29 is 0 Å². The van der Waals surface area contributed by atoms with Crippen LogP contribution in [0.25, 0.3) is 21.9 Å². The Kier molecular flexibility index (Phi) is 4.16. The first-order valence-electron chi connectivity index (χ1n) is 11.2. The Bertz CT molecular complexity index is 1360. The van der Waals surface area contributed by atoms with E-state index in [1.165, 1.54) is 38.3 Å². The van der Waals surface area contributed by atoms with Crippen molar-refractivity contribution in [1.82, 2.24) is 0 Å². The summed E-state index contributed by atoms with van der Waals surface area (Å²) in [5, 5.41) is 4.57. The molecule has 0 spiro atoms. The van der Waals surface area contributed by atoms with Gasteiger partial charge in [0, 0.05) is 11.5 Å². The van der Waals surface area contributed by atoms with Gasteiger partial charge < -0.3 is 0 Å². The van der Waals surface area contributed by atoms with E-state index in [-0.39, 0.29) is 0 Å². The summed E-state index contributed by atoms with van der Waals surface area (Å²) in [6, 6.07) is 28.3. The van der Waals surface area contributed by atoms with Gasteiger partial charge in [-0.3, -0.25) is 0 Å². The molecule has 150 valence electrons. The van der Waals surface area contributed by atoms with Crippen LogP contribution in [0.5, 0.6) is 0 Å². The van der Waals surface area contributed by atoms with Crippen molar-refractivity contribution in [1.29, 1.82) is 0 Å². The molecule has 31 heavy (non-hydrogen) atoms. The van der Waals surface area contributed by atoms with E-state index in [4.69, 9.17) is 0 Å². The molecule has 1 heteroatoms. The largest absolute Gasteiger partial charge is 0.103 e. The van der Waals surface area contributed by atoms with Crippen LogP contribution in [0.1, 0.15) is 16.7 Å². The lowest BCUT2D eigenvalue weighted by atomic mass is 9.97. The van der Waals surface area contributed by atoms with Gasteiger partial charge in [-0.15, -0.1) is 6.58 Å². The Morgan fingerprint density at radius 1 is 0.806 bits per heavy atom. The summed E-state index contributed by atoms with van der Waals surface area (Å²) < 4.78 is 0. The molecule has 0 saturated heterocycles. The summed E-state index contributed by atoms with van der Waals surface area (Å²) in [5.74, 6) is 0.388. The molecular weight excluding hydrogens is 388 g/mol. The Balaban J connectivity index is 1.69. The van der Waals surface area contributed by atoms with Crippen LogP contribution < -0.4 is 10.4 Å². The first-order valence-corrected chi connectivity index (χ1v) is 14.0. The van der Waals surface area contributed by atoms with Gasteiger partial charge in [-0.25, -0.2) is 0 Å². The van der Waals surface area contributed by atoms with Crippen molar-refractivity contribution >= 4 is 18.8 Å². The first-order chi connectivity index (χ1) is 15.2. The van der Waals surface area contributed by atoms with Gasteiger partial charge >= 0.3 is 0 Å². The highest BCUT2D eigenvalue weighted by atomic mass is 28.3. The lowest BCUT2D eigenvalue weighted by molar-refractivity contribution is 1.08. The molecule has 3 aliphatic rings. The van der Waals surface area contributed by atoms with Crippen molar-refractivity contribution in [2.45, 2.75) is 18.1 Å². The Labute approximate surface area is 185 Å². The van der Waals surface area contributed by atoms with E-state index >= 15 is 0 Å². The zero-order valence-electron chi connectivity index (χ0n) is 17.9.